The van der Waals surface area contributed by atoms with Crippen molar-refractivity contribution < 1.29 is 19.1 Å². The summed E-state index contributed by atoms with van der Waals surface area (Å²) >= 11 is 0. The summed E-state index contributed by atoms with van der Waals surface area (Å²) in [5, 5.41) is 0. The van der Waals surface area contributed by atoms with E-state index in [1.807, 2.05) is 0 Å². The van der Waals surface area contributed by atoms with Crippen molar-refractivity contribution in [1.29, 1.82) is 0 Å². The Hall–Kier alpha value is -1.06. The third-order valence-electron chi connectivity index (χ3n) is 6.33. The average molecular weight is 425 g/mol. The molecular formula is C26H48O4. The van der Waals surface area contributed by atoms with Gasteiger partial charge < -0.3 is 9.47 Å². The number of carbonyl (C=O) groups is 2. The Labute approximate surface area is 185 Å². The van der Waals surface area contributed by atoms with Gasteiger partial charge in [0.15, 0.2) is 0 Å². The highest BCUT2D eigenvalue weighted by molar-refractivity contribution is 5.75. The molecule has 1 saturated carbocycles. The molecule has 1 aliphatic carbocycles. The summed E-state index contributed by atoms with van der Waals surface area (Å²) in [6.07, 6.45) is 8.45. The van der Waals surface area contributed by atoms with Crippen molar-refractivity contribution >= 4 is 11.9 Å². The van der Waals surface area contributed by atoms with Crippen LogP contribution in [-0.2, 0) is 19.1 Å². The zero-order chi connectivity index (χ0) is 22.9. The van der Waals surface area contributed by atoms with E-state index in [2.05, 4.69) is 55.4 Å². The molecule has 176 valence electrons. The molecule has 0 aromatic carbocycles. The summed E-state index contributed by atoms with van der Waals surface area (Å²) < 4.78 is 12.1. The smallest absolute Gasteiger partial charge is 0.309 e. The van der Waals surface area contributed by atoms with Gasteiger partial charge >= 0.3 is 11.9 Å². The van der Waals surface area contributed by atoms with Gasteiger partial charge in [0.05, 0.1) is 11.8 Å². The second-order valence-corrected chi connectivity index (χ2v) is 11.0. The Kier molecular flexibility index (Phi) is 10.9. The first-order valence-electron chi connectivity index (χ1n) is 12.4. The lowest BCUT2D eigenvalue weighted by Crippen LogP contribution is -2.39. The van der Waals surface area contributed by atoms with E-state index < -0.39 is 0 Å². The maximum Gasteiger partial charge on any atom is 0.309 e. The Bertz CT molecular complexity index is 485. The van der Waals surface area contributed by atoms with Gasteiger partial charge in [-0.05, 0) is 77.0 Å². The fourth-order valence-electron chi connectivity index (χ4n) is 5.39. The van der Waals surface area contributed by atoms with E-state index in [0.717, 1.165) is 64.2 Å². The summed E-state index contributed by atoms with van der Waals surface area (Å²) in [4.78, 5) is 25.7. The van der Waals surface area contributed by atoms with Gasteiger partial charge in [-0.15, -0.1) is 0 Å². The van der Waals surface area contributed by atoms with Crippen LogP contribution in [0, 0.1) is 23.7 Å². The Morgan fingerprint density at radius 2 is 1.03 bits per heavy atom. The van der Waals surface area contributed by atoms with Crippen LogP contribution in [0.25, 0.3) is 0 Å². The molecule has 0 spiro atoms. The first-order valence-corrected chi connectivity index (χ1v) is 12.4. The lowest BCUT2D eigenvalue weighted by atomic mass is 9.81. The SMILES string of the molecule is CCCC(C)(CC(C)C)OC(=O)C1CCC(C(=O)OC(C)(CCC)CC(C)C)CC1. The van der Waals surface area contributed by atoms with E-state index in [0.29, 0.717) is 11.8 Å². The predicted molar refractivity (Wildman–Crippen MR) is 123 cm³/mol. The molecular weight excluding hydrogens is 376 g/mol. The predicted octanol–water partition coefficient (Wildman–Crippen LogP) is 7.09. The molecule has 0 heterocycles. The molecule has 2 atom stereocenters. The summed E-state index contributed by atoms with van der Waals surface area (Å²) in [5.41, 5.74) is -0.761. The topological polar surface area (TPSA) is 52.6 Å². The molecule has 0 radical (unpaired) electrons. The Morgan fingerprint density at radius 1 is 0.733 bits per heavy atom. The Balaban J connectivity index is 2.62. The van der Waals surface area contributed by atoms with Crippen LogP contribution in [0.3, 0.4) is 0 Å². The van der Waals surface area contributed by atoms with Crippen LogP contribution in [0.1, 0.15) is 120 Å². The maximum absolute atomic E-state index is 12.8. The zero-order valence-electron chi connectivity index (χ0n) is 21.0. The molecule has 1 rings (SSSR count). The van der Waals surface area contributed by atoms with E-state index in [1.165, 1.54) is 0 Å². The summed E-state index contributed by atoms with van der Waals surface area (Å²) in [6, 6.07) is 0. The quantitative estimate of drug-likeness (QED) is 0.314. The highest BCUT2D eigenvalue weighted by Crippen LogP contribution is 2.35. The number of carbonyl (C=O) groups excluding carboxylic acids is 2. The van der Waals surface area contributed by atoms with Gasteiger partial charge in [-0.1, -0.05) is 54.4 Å². The van der Waals surface area contributed by atoms with Gasteiger partial charge in [0.2, 0.25) is 0 Å². The van der Waals surface area contributed by atoms with Crippen molar-refractivity contribution in [3.8, 4) is 0 Å². The van der Waals surface area contributed by atoms with E-state index in [4.69, 9.17) is 9.47 Å². The van der Waals surface area contributed by atoms with Crippen LogP contribution in [0.4, 0.5) is 0 Å². The first kappa shape index (κ1) is 27.0. The zero-order valence-corrected chi connectivity index (χ0v) is 21.0. The summed E-state index contributed by atoms with van der Waals surface area (Å²) in [5.74, 6) is 0.652. The average Bonchev–Trinajstić information content (AvgIpc) is 2.60. The van der Waals surface area contributed by atoms with Gasteiger partial charge in [-0.25, -0.2) is 0 Å². The molecule has 30 heavy (non-hydrogen) atoms. The monoisotopic (exact) mass is 424 g/mol. The van der Waals surface area contributed by atoms with Crippen molar-refractivity contribution in [2.24, 2.45) is 23.7 Å². The third kappa shape index (κ3) is 8.98. The number of esters is 2. The van der Waals surface area contributed by atoms with Crippen molar-refractivity contribution in [3.63, 3.8) is 0 Å². The molecule has 4 heteroatoms. The van der Waals surface area contributed by atoms with Crippen LogP contribution in [0.5, 0.6) is 0 Å². The summed E-state index contributed by atoms with van der Waals surface area (Å²) in [7, 11) is 0. The van der Waals surface area contributed by atoms with Crippen molar-refractivity contribution in [2.75, 3.05) is 0 Å². The van der Waals surface area contributed by atoms with Gasteiger partial charge in [0.1, 0.15) is 11.2 Å². The lowest BCUT2D eigenvalue weighted by Gasteiger charge is -2.36. The minimum absolute atomic E-state index is 0.0750. The molecule has 0 N–H and O–H groups in total. The number of rotatable bonds is 12. The largest absolute Gasteiger partial charge is 0.459 e. The van der Waals surface area contributed by atoms with Crippen molar-refractivity contribution in [3.05, 3.63) is 0 Å². The fraction of sp³-hybridized carbons (Fsp3) is 0.923. The highest BCUT2D eigenvalue weighted by Gasteiger charge is 2.38. The molecule has 2 unspecified atom stereocenters. The number of hydrogen-bond donors (Lipinski definition) is 0. The minimum Gasteiger partial charge on any atom is -0.459 e. The molecule has 0 saturated heterocycles. The van der Waals surface area contributed by atoms with E-state index >= 15 is 0 Å². The van der Waals surface area contributed by atoms with Gasteiger partial charge in [0, 0.05) is 0 Å². The van der Waals surface area contributed by atoms with E-state index in [1.54, 1.807) is 0 Å². The molecule has 0 amide bonds. The lowest BCUT2D eigenvalue weighted by molar-refractivity contribution is -0.172. The van der Waals surface area contributed by atoms with Crippen LogP contribution in [0.2, 0.25) is 0 Å². The van der Waals surface area contributed by atoms with Gasteiger partial charge in [0.25, 0.3) is 0 Å². The standard InChI is InChI=1S/C26H48O4/c1-9-15-25(7,17-19(3)4)29-23(27)21-11-13-22(14-12-21)24(28)30-26(8,16-10-2)18-20(5)6/h19-22H,9-18H2,1-8H3. The van der Waals surface area contributed by atoms with E-state index in [9.17, 15) is 9.59 Å². The number of hydrogen-bond acceptors (Lipinski definition) is 4. The maximum atomic E-state index is 12.8. The minimum atomic E-state index is -0.380. The molecule has 4 nitrogen and oxygen atoms in total. The van der Waals surface area contributed by atoms with E-state index in [-0.39, 0.29) is 35.0 Å². The van der Waals surface area contributed by atoms with Gasteiger partial charge in [-0.3, -0.25) is 9.59 Å². The highest BCUT2D eigenvalue weighted by atomic mass is 16.6. The second kappa shape index (κ2) is 12.1. The second-order valence-electron chi connectivity index (χ2n) is 11.0. The van der Waals surface area contributed by atoms with Crippen LogP contribution in [-0.4, -0.2) is 23.1 Å². The van der Waals surface area contributed by atoms with Crippen molar-refractivity contribution in [2.45, 2.75) is 131 Å². The van der Waals surface area contributed by atoms with Gasteiger partial charge in [-0.2, -0.15) is 0 Å². The summed E-state index contributed by atoms with van der Waals surface area (Å²) in [6.45, 7) is 17.1. The van der Waals surface area contributed by atoms with Crippen LogP contribution >= 0.6 is 0 Å². The van der Waals surface area contributed by atoms with Crippen LogP contribution in [0.15, 0.2) is 0 Å². The molecule has 0 aromatic rings. The molecule has 1 aliphatic rings. The van der Waals surface area contributed by atoms with Crippen LogP contribution < -0.4 is 0 Å². The molecule has 1 fully saturated rings. The normalized spacial score (nSPS) is 23.7. The fourth-order valence-corrected chi connectivity index (χ4v) is 5.39. The molecule has 0 aromatic heterocycles. The Morgan fingerprint density at radius 3 is 1.27 bits per heavy atom. The third-order valence-corrected chi connectivity index (χ3v) is 6.33. The molecule has 0 bridgehead atoms. The molecule has 0 aliphatic heterocycles. The number of ether oxygens (including phenoxy) is 2. The van der Waals surface area contributed by atoms with Crippen molar-refractivity contribution in [1.82, 2.24) is 0 Å². The first-order chi connectivity index (χ1) is 13.9.